The van der Waals surface area contributed by atoms with Crippen molar-refractivity contribution >= 4 is 63.8 Å². The quantitative estimate of drug-likeness (QED) is 0.406. The maximum atomic E-state index is 6.07. The molecule has 0 unspecified atom stereocenters. The van der Waals surface area contributed by atoms with Crippen LogP contribution in [0.3, 0.4) is 0 Å². The summed E-state index contributed by atoms with van der Waals surface area (Å²) in [5, 5.41) is 4.35. The molecule has 0 atom stereocenters. The van der Waals surface area contributed by atoms with E-state index in [-0.39, 0.29) is 20.1 Å². The number of aromatic nitrogens is 2. The summed E-state index contributed by atoms with van der Waals surface area (Å²) in [6, 6.07) is 1.51. The largest absolute Gasteiger partial charge is 0.490 e. The number of anilines is 1. The van der Waals surface area contributed by atoms with E-state index >= 15 is 0 Å². The zero-order valence-electron chi connectivity index (χ0n) is 11.3. The zero-order valence-corrected chi connectivity index (χ0v) is 15.0. The lowest BCUT2D eigenvalue weighted by Gasteiger charge is -2.12. The number of halogens is 5. The summed E-state index contributed by atoms with van der Waals surface area (Å²) in [5.41, 5.74) is 0.694. The molecule has 0 bridgehead atoms. The van der Waals surface area contributed by atoms with Crippen LogP contribution in [0.1, 0.15) is 5.69 Å². The van der Waals surface area contributed by atoms with Crippen LogP contribution in [0, 0.1) is 6.92 Å². The van der Waals surface area contributed by atoms with Crippen LogP contribution in [0.25, 0.3) is 0 Å². The predicted octanol–water partition coefficient (Wildman–Crippen LogP) is 5.54. The van der Waals surface area contributed by atoms with E-state index in [0.717, 1.165) is 0 Å². The smallest absolute Gasteiger partial charge is 0.148 e. The van der Waals surface area contributed by atoms with E-state index in [4.69, 9.17) is 62.7 Å². The van der Waals surface area contributed by atoms with Gasteiger partial charge in [0, 0.05) is 6.07 Å². The second-order valence-corrected chi connectivity index (χ2v) is 6.11. The molecule has 0 fully saturated rings. The minimum atomic E-state index is 0.160. The molecule has 4 nitrogen and oxygen atoms in total. The van der Waals surface area contributed by atoms with Crippen molar-refractivity contribution in [3.63, 3.8) is 0 Å². The average molecular weight is 402 g/mol. The molecular weight excluding hydrogens is 391 g/mol. The van der Waals surface area contributed by atoms with Gasteiger partial charge >= 0.3 is 0 Å². The summed E-state index contributed by atoms with van der Waals surface area (Å²) in [4.78, 5) is 8.03. The van der Waals surface area contributed by atoms with E-state index in [1.807, 2.05) is 0 Å². The van der Waals surface area contributed by atoms with Gasteiger partial charge in [0.2, 0.25) is 0 Å². The highest BCUT2D eigenvalue weighted by atomic mass is 35.5. The number of benzene rings is 1. The van der Waals surface area contributed by atoms with E-state index in [2.05, 4.69) is 15.3 Å². The molecule has 2 aromatic rings. The van der Waals surface area contributed by atoms with E-state index in [1.54, 1.807) is 6.92 Å². The summed E-state index contributed by atoms with van der Waals surface area (Å²) in [6.07, 6.45) is 1.43. The molecule has 0 saturated heterocycles. The number of nitrogens with zero attached hydrogens (tertiary/aromatic N) is 2. The monoisotopic (exact) mass is 399 g/mol. The van der Waals surface area contributed by atoms with Gasteiger partial charge in [0.25, 0.3) is 0 Å². The van der Waals surface area contributed by atoms with Crippen LogP contribution < -0.4 is 10.1 Å². The second-order valence-electron chi connectivity index (χ2n) is 4.20. The standard InChI is InChI=1S/C13H10Cl5N3O/c1-6-9(15)13(21-5-20-6)19-2-3-22-8-4-7(14)10(16)12(18)11(8)17/h4-5H,2-3H2,1H3,(H,19,20,21). The van der Waals surface area contributed by atoms with Gasteiger partial charge in [-0.2, -0.15) is 0 Å². The van der Waals surface area contributed by atoms with E-state index in [0.29, 0.717) is 35.4 Å². The van der Waals surface area contributed by atoms with E-state index in [9.17, 15) is 0 Å². The van der Waals surface area contributed by atoms with Crippen molar-refractivity contribution in [2.75, 3.05) is 18.5 Å². The number of nitrogens with one attached hydrogen (secondary N) is 1. The van der Waals surface area contributed by atoms with Crippen molar-refractivity contribution in [2.45, 2.75) is 6.92 Å². The molecule has 1 N–H and O–H groups in total. The first-order valence-corrected chi connectivity index (χ1v) is 7.97. The highest BCUT2D eigenvalue weighted by molar-refractivity contribution is 6.52. The minimum absolute atomic E-state index is 0.160. The third-order valence-corrected chi connectivity index (χ3v) is 4.87. The van der Waals surface area contributed by atoms with Crippen molar-refractivity contribution in [3.05, 3.63) is 43.2 Å². The molecule has 1 aromatic heterocycles. The Hall–Kier alpha value is -0.650. The third-order valence-electron chi connectivity index (χ3n) is 2.69. The zero-order chi connectivity index (χ0) is 16.3. The third kappa shape index (κ3) is 4.00. The molecular formula is C13H10Cl5N3O. The summed E-state index contributed by atoms with van der Waals surface area (Å²) in [5.74, 6) is 0.892. The average Bonchev–Trinajstić information content (AvgIpc) is 2.50. The number of aryl methyl sites for hydroxylation is 1. The molecule has 2 rings (SSSR count). The Bertz CT molecular complexity index is 696. The van der Waals surface area contributed by atoms with Crippen LogP contribution in [0.2, 0.25) is 25.1 Å². The fourth-order valence-electron chi connectivity index (χ4n) is 1.57. The molecule has 0 radical (unpaired) electrons. The minimum Gasteiger partial charge on any atom is -0.490 e. The van der Waals surface area contributed by atoms with Gasteiger partial charge in [-0.05, 0) is 6.92 Å². The lowest BCUT2D eigenvalue weighted by Crippen LogP contribution is -2.13. The Morgan fingerprint density at radius 1 is 1.00 bits per heavy atom. The lowest BCUT2D eigenvalue weighted by atomic mass is 10.3. The highest BCUT2D eigenvalue weighted by Gasteiger charge is 2.14. The van der Waals surface area contributed by atoms with Crippen LogP contribution in [0.4, 0.5) is 5.82 Å². The molecule has 0 aliphatic heterocycles. The van der Waals surface area contributed by atoms with Crippen LogP contribution in [0.15, 0.2) is 12.4 Å². The van der Waals surface area contributed by atoms with Gasteiger partial charge in [-0.3, -0.25) is 0 Å². The number of hydrogen-bond donors (Lipinski definition) is 1. The molecule has 1 heterocycles. The highest BCUT2D eigenvalue weighted by Crippen LogP contribution is 2.41. The van der Waals surface area contributed by atoms with Gasteiger partial charge in [-0.1, -0.05) is 58.0 Å². The molecule has 0 spiro atoms. The number of rotatable bonds is 5. The molecule has 0 aliphatic rings. The number of ether oxygens (including phenoxy) is 1. The fourth-order valence-corrected chi connectivity index (χ4v) is 2.57. The molecule has 9 heteroatoms. The van der Waals surface area contributed by atoms with Crippen molar-refractivity contribution < 1.29 is 4.74 Å². The van der Waals surface area contributed by atoms with Crippen molar-refractivity contribution in [1.82, 2.24) is 9.97 Å². The Morgan fingerprint density at radius 2 is 1.73 bits per heavy atom. The molecule has 0 amide bonds. The lowest BCUT2D eigenvalue weighted by molar-refractivity contribution is 0.333. The van der Waals surface area contributed by atoms with Gasteiger partial charge in [0.1, 0.15) is 34.5 Å². The maximum Gasteiger partial charge on any atom is 0.148 e. The molecule has 118 valence electrons. The Morgan fingerprint density at radius 3 is 2.45 bits per heavy atom. The van der Waals surface area contributed by atoms with Crippen molar-refractivity contribution in [3.8, 4) is 5.75 Å². The first-order valence-electron chi connectivity index (χ1n) is 6.08. The molecule has 0 saturated carbocycles. The fraction of sp³-hybridized carbons (Fsp3) is 0.231. The maximum absolute atomic E-state index is 6.07. The van der Waals surface area contributed by atoms with E-state index in [1.165, 1.54) is 12.4 Å². The van der Waals surface area contributed by atoms with Crippen LogP contribution in [-0.4, -0.2) is 23.1 Å². The molecule has 22 heavy (non-hydrogen) atoms. The summed E-state index contributed by atoms with van der Waals surface area (Å²) in [7, 11) is 0. The molecule has 0 aliphatic carbocycles. The predicted molar refractivity (Wildman–Crippen MR) is 92.2 cm³/mol. The second kappa shape index (κ2) is 7.75. The molecule has 1 aromatic carbocycles. The number of hydrogen-bond acceptors (Lipinski definition) is 4. The summed E-state index contributed by atoms with van der Waals surface area (Å²) < 4.78 is 5.54. The SMILES string of the molecule is Cc1ncnc(NCCOc2cc(Cl)c(Cl)c(Cl)c2Cl)c1Cl. The Labute approximate surface area is 152 Å². The summed E-state index contributed by atoms with van der Waals surface area (Å²) in [6.45, 7) is 2.54. The normalized spacial score (nSPS) is 10.6. The summed E-state index contributed by atoms with van der Waals surface area (Å²) >= 11 is 29.9. The van der Waals surface area contributed by atoms with E-state index < -0.39 is 0 Å². The van der Waals surface area contributed by atoms with Crippen LogP contribution >= 0.6 is 58.0 Å². The van der Waals surface area contributed by atoms with Crippen molar-refractivity contribution in [2.24, 2.45) is 0 Å². The Kier molecular flexibility index (Phi) is 6.24. The van der Waals surface area contributed by atoms with Crippen molar-refractivity contribution in [1.29, 1.82) is 0 Å². The van der Waals surface area contributed by atoms with Gasteiger partial charge in [-0.15, -0.1) is 0 Å². The first kappa shape index (κ1) is 17.7. The van der Waals surface area contributed by atoms with Gasteiger partial charge < -0.3 is 10.1 Å². The van der Waals surface area contributed by atoms with Gasteiger partial charge in [0.15, 0.2) is 0 Å². The van der Waals surface area contributed by atoms with Gasteiger partial charge in [0.05, 0.1) is 27.3 Å². The Balaban J connectivity index is 1.96. The van der Waals surface area contributed by atoms with Gasteiger partial charge in [-0.25, -0.2) is 9.97 Å². The van der Waals surface area contributed by atoms with Crippen LogP contribution in [-0.2, 0) is 0 Å². The van der Waals surface area contributed by atoms with Crippen LogP contribution in [0.5, 0.6) is 5.75 Å². The first-order chi connectivity index (χ1) is 10.4. The topological polar surface area (TPSA) is 47.0 Å².